The molecule has 0 saturated carbocycles. The van der Waals surface area contributed by atoms with Gasteiger partial charge in [-0.3, -0.25) is 4.79 Å². The van der Waals surface area contributed by atoms with E-state index in [0.29, 0.717) is 27.7 Å². The quantitative estimate of drug-likeness (QED) is 0.489. The van der Waals surface area contributed by atoms with Crippen LogP contribution in [0.5, 0.6) is 11.5 Å². The first-order chi connectivity index (χ1) is 12.6. The van der Waals surface area contributed by atoms with Crippen molar-refractivity contribution in [1.29, 1.82) is 0 Å². The molecule has 0 aliphatic rings. The molecule has 0 atom stereocenters. The standard InChI is InChI=1S/C18H14N4O4/c1-26-13-7-3-6-12-14(13)15-16(20-12)17(24)22(18(25)21-15)19-9-10-4-2-5-11(23)8-10/h2-9,20,23H,1H3,(H,21,25)/b19-9-. The molecule has 0 aliphatic carbocycles. The van der Waals surface area contributed by atoms with Gasteiger partial charge in [-0.25, -0.2) is 4.79 Å². The van der Waals surface area contributed by atoms with Crippen LogP contribution in [0.3, 0.4) is 0 Å². The largest absolute Gasteiger partial charge is 0.508 e. The van der Waals surface area contributed by atoms with Gasteiger partial charge in [-0.1, -0.05) is 18.2 Å². The van der Waals surface area contributed by atoms with Gasteiger partial charge in [-0.2, -0.15) is 5.10 Å². The van der Waals surface area contributed by atoms with Crippen LogP contribution >= 0.6 is 0 Å². The highest BCUT2D eigenvalue weighted by molar-refractivity contribution is 6.07. The summed E-state index contributed by atoms with van der Waals surface area (Å²) in [5.74, 6) is 0.609. The molecular weight excluding hydrogens is 336 g/mol. The molecule has 130 valence electrons. The van der Waals surface area contributed by atoms with Crippen molar-refractivity contribution in [3.63, 3.8) is 0 Å². The highest BCUT2D eigenvalue weighted by Gasteiger charge is 2.15. The summed E-state index contributed by atoms with van der Waals surface area (Å²) < 4.78 is 6.05. The number of fused-ring (bicyclic) bond motifs is 3. The van der Waals surface area contributed by atoms with Crippen LogP contribution in [0, 0.1) is 0 Å². The lowest BCUT2D eigenvalue weighted by atomic mass is 10.2. The lowest BCUT2D eigenvalue weighted by molar-refractivity contribution is 0.420. The number of ether oxygens (including phenoxy) is 1. The van der Waals surface area contributed by atoms with Crippen molar-refractivity contribution in [2.24, 2.45) is 5.10 Å². The first-order valence-electron chi connectivity index (χ1n) is 7.75. The van der Waals surface area contributed by atoms with E-state index in [1.54, 1.807) is 30.3 Å². The molecule has 8 nitrogen and oxygen atoms in total. The molecule has 2 aromatic heterocycles. The van der Waals surface area contributed by atoms with Gasteiger partial charge in [0.1, 0.15) is 17.0 Å². The number of hydrogen-bond donors (Lipinski definition) is 3. The Hall–Kier alpha value is -3.81. The molecular formula is C18H14N4O4. The summed E-state index contributed by atoms with van der Waals surface area (Å²) in [6.07, 6.45) is 1.32. The Morgan fingerprint density at radius 1 is 1.12 bits per heavy atom. The van der Waals surface area contributed by atoms with Crippen molar-refractivity contribution in [2.75, 3.05) is 7.11 Å². The van der Waals surface area contributed by atoms with Gasteiger partial charge >= 0.3 is 11.2 Å². The van der Waals surface area contributed by atoms with Crippen LogP contribution in [0.15, 0.2) is 57.2 Å². The summed E-state index contributed by atoms with van der Waals surface area (Å²) in [6.45, 7) is 0. The van der Waals surface area contributed by atoms with Crippen molar-refractivity contribution in [3.8, 4) is 11.5 Å². The molecule has 0 aliphatic heterocycles. The number of aromatic hydroxyl groups is 1. The number of benzene rings is 2. The summed E-state index contributed by atoms with van der Waals surface area (Å²) in [7, 11) is 1.52. The Kier molecular flexibility index (Phi) is 3.58. The molecule has 0 spiro atoms. The van der Waals surface area contributed by atoms with Gasteiger partial charge < -0.3 is 19.8 Å². The number of nitrogens with zero attached hydrogens (tertiary/aromatic N) is 2. The number of phenols is 1. The fourth-order valence-electron chi connectivity index (χ4n) is 2.86. The first-order valence-corrected chi connectivity index (χ1v) is 7.75. The number of aromatic amines is 2. The predicted molar refractivity (Wildman–Crippen MR) is 98.3 cm³/mol. The fraction of sp³-hybridized carbons (Fsp3) is 0.0556. The number of nitrogens with one attached hydrogen (secondary N) is 2. The van der Waals surface area contributed by atoms with E-state index < -0.39 is 11.2 Å². The maximum Gasteiger partial charge on any atom is 0.350 e. The molecule has 0 bridgehead atoms. The van der Waals surface area contributed by atoms with Gasteiger partial charge in [0.05, 0.1) is 29.7 Å². The molecule has 2 heterocycles. The average molecular weight is 350 g/mol. The minimum absolute atomic E-state index is 0.0633. The normalized spacial score (nSPS) is 11.6. The average Bonchev–Trinajstić information content (AvgIpc) is 3.00. The van der Waals surface area contributed by atoms with E-state index in [9.17, 15) is 14.7 Å². The minimum Gasteiger partial charge on any atom is -0.508 e. The topological polar surface area (TPSA) is 112 Å². The molecule has 4 rings (SSSR count). The predicted octanol–water partition coefficient (Wildman–Crippen LogP) is 1.77. The maximum atomic E-state index is 12.7. The molecule has 0 radical (unpaired) electrons. The SMILES string of the molecule is COc1cccc2[nH]c3c(=O)n(/N=C\c4cccc(O)c4)c(=O)[nH]c3c12. The highest BCUT2D eigenvalue weighted by Crippen LogP contribution is 2.29. The Balaban J connectivity index is 1.94. The van der Waals surface area contributed by atoms with Crippen LogP contribution in [0.4, 0.5) is 0 Å². The minimum atomic E-state index is -0.675. The van der Waals surface area contributed by atoms with Crippen molar-refractivity contribution in [2.45, 2.75) is 0 Å². The smallest absolute Gasteiger partial charge is 0.350 e. The second-order valence-corrected chi connectivity index (χ2v) is 5.64. The lowest BCUT2D eigenvalue weighted by Crippen LogP contribution is -2.32. The molecule has 0 saturated heterocycles. The van der Waals surface area contributed by atoms with E-state index >= 15 is 0 Å². The van der Waals surface area contributed by atoms with E-state index in [2.05, 4.69) is 15.1 Å². The van der Waals surface area contributed by atoms with E-state index in [-0.39, 0.29) is 11.3 Å². The summed E-state index contributed by atoms with van der Waals surface area (Å²) in [6, 6.07) is 11.6. The van der Waals surface area contributed by atoms with Crippen molar-refractivity contribution in [1.82, 2.24) is 14.6 Å². The molecule has 0 amide bonds. The molecule has 2 aromatic carbocycles. The van der Waals surface area contributed by atoms with Gasteiger partial charge in [0.15, 0.2) is 0 Å². The number of hydrogen-bond acceptors (Lipinski definition) is 5. The Bertz CT molecular complexity index is 1280. The molecule has 4 aromatic rings. The van der Waals surface area contributed by atoms with Crippen LogP contribution in [0.2, 0.25) is 0 Å². The van der Waals surface area contributed by atoms with Gasteiger partial charge in [-0.05, 0) is 29.8 Å². The van der Waals surface area contributed by atoms with Gasteiger partial charge in [-0.15, -0.1) is 4.68 Å². The number of H-pyrrole nitrogens is 2. The number of methoxy groups -OCH3 is 1. The van der Waals surface area contributed by atoms with Crippen molar-refractivity contribution in [3.05, 3.63) is 68.9 Å². The van der Waals surface area contributed by atoms with E-state index in [1.807, 2.05) is 0 Å². The third kappa shape index (κ3) is 2.44. The Morgan fingerprint density at radius 3 is 2.69 bits per heavy atom. The van der Waals surface area contributed by atoms with Crippen molar-refractivity contribution >= 4 is 28.2 Å². The van der Waals surface area contributed by atoms with Gasteiger partial charge in [0.25, 0.3) is 0 Å². The monoisotopic (exact) mass is 350 g/mol. The highest BCUT2D eigenvalue weighted by atomic mass is 16.5. The summed E-state index contributed by atoms with van der Waals surface area (Å²) in [4.78, 5) is 30.8. The number of aromatic nitrogens is 3. The summed E-state index contributed by atoms with van der Waals surface area (Å²) in [5.41, 5.74) is 0.550. The Morgan fingerprint density at radius 2 is 1.92 bits per heavy atom. The number of phenolic OH excluding ortho intramolecular Hbond substituents is 1. The lowest BCUT2D eigenvalue weighted by Gasteiger charge is -2.01. The molecule has 26 heavy (non-hydrogen) atoms. The van der Waals surface area contributed by atoms with Crippen molar-refractivity contribution < 1.29 is 9.84 Å². The summed E-state index contributed by atoms with van der Waals surface area (Å²) in [5, 5.41) is 14.1. The molecule has 8 heteroatoms. The van der Waals surface area contributed by atoms with Gasteiger partial charge in [0, 0.05) is 0 Å². The molecule has 0 unspecified atom stereocenters. The zero-order chi connectivity index (χ0) is 18.3. The zero-order valence-electron chi connectivity index (χ0n) is 13.7. The van der Waals surface area contributed by atoms with E-state index in [4.69, 9.17) is 4.74 Å². The molecule has 0 fully saturated rings. The maximum absolute atomic E-state index is 12.7. The first kappa shape index (κ1) is 15.7. The van der Waals surface area contributed by atoms with E-state index in [1.165, 1.54) is 25.5 Å². The van der Waals surface area contributed by atoms with Crippen LogP contribution in [0.1, 0.15) is 5.56 Å². The third-order valence-corrected chi connectivity index (χ3v) is 4.03. The summed E-state index contributed by atoms with van der Waals surface area (Å²) >= 11 is 0. The van der Waals surface area contributed by atoms with Crippen LogP contribution < -0.4 is 16.0 Å². The van der Waals surface area contributed by atoms with Crippen LogP contribution in [-0.4, -0.2) is 33.1 Å². The van der Waals surface area contributed by atoms with Gasteiger partial charge in [0.2, 0.25) is 0 Å². The third-order valence-electron chi connectivity index (χ3n) is 4.03. The zero-order valence-corrected chi connectivity index (χ0v) is 13.7. The second-order valence-electron chi connectivity index (χ2n) is 5.64. The fourth-order valence-corrected chi connectivity index (χ4v) is 2.86. The Labute approximate surface area is 146 Å². The number of rotatable bonds is 3. The van der Waals surface area contributed by atoms with Crippen LogP contribution in [0.25, 0.3) is 21.9 Å². The van der Waals surface area contributed by atoms with E-state index in [0.717, 1.165) is 4.68 Å². The molecule has 3 N–H and O–H groups in total. The second kappa shape index (κ2) is 5.92. The van der Waals surface area contributed by atoms with Crippen LogP contribution in [-0.2, 0) is 0 Å².